The van der Waals surface area contributed by atoms with Crippen LogP contribution >= 0.6 is 0 Å². The first-order chi connectivity index (χ1) is 7.85. The average Bonchev–Trinajstić information content (AvgIpc) is 3.11. The molecule has 3 nitrogen and oxygen atoms in total. The molecule has 16 heavy (non-hydrogen) atoms. The molecular formula is C13H17NO2. The monoisotopic (exact) mass is 219 g/mol. The number of hydrogen-bond donors (Lipinski definition) is 0. The highest BCUT2D eigenvalue weighted by Gasteiger charge is 2.28. The average molecular weight is 219 g/mol. The lowest BCUT2D eigenvalue weighted by molar-refractivity contribution is -0.106. The van der Waals surface area contributed by atoms with Crippen LogP contribution in [0.3, 0.4) is 0 Å². The fraction of sp³-hybridized carbons (Fsp3) is 0.462. The molecule has 0 amide bonds. The molecule has 0 bridgehead atoms. The van der Waals surface area contributed by atoms with Gasteiger partial charge in [-0.3, -0.25) is 4.99 Å². The number of nitrogens with zero attached hydrogens (tertiary/aromatic N) is 1. The summed E-state index contributed by atoms with van der Waals surface area (Å²) in [4.78, 5) is 4.47. The van der Waals surface area contributed by atoms with E-state index in [4.69, 9.17) is 9.47 Å². The molecule has 1 heterocycles. The van der Waals surface area contributed by atoms with Gasteiger partial charge in [0.25, 0.3) is 0 Å². The highest BCUT2D eigenvalue weighted by atomic mass is 16.7. The zero-order chi connectivity index (χ0) is 11.4. The third-order valence-corrected chi connectivity index (χ3v) is 2.81. The Kier molecular flexibility index (Phi) is 3.70. The molecule has 1 aliphatic heterocycles. The van der Waals surface area contributed by atoms with E-state index in [0.717, 1.165) is 12.8 Å². The summed E-state index contributed by atoms with van der Waals surface area (Å²) in [7, 11) is 3.33. The van der Waals surface area contributed by atoms with Crippen molar-refractivity contribution in [1.29, 1.82) is 0 Å². The minimum Gasteiger partial charge on any atom is -0.356 e. The van der Waals surface area contributed by atoms with Crippen molar-refractivity contribution in [2.45, 2.75) is 25.2 Å². The highest BCUT2D eigenvalue weighted by molar-refractivity contribution is 6.13. The van der Waals surface area contributed by atoms with E-state index in [-0.39, 0.29) is 6.29 Å². The molecule has 0 aromatic heterocycles. The van der Waals surface area contributed by atoms with Crippen molar-refractivity contribution in [2.24, 2.45) is 4.99 Å². The van der Waals surface area contributed by atoms with Crippen molar-refractivity contribution in [2.75, 3.05) is 14.2 Å². The lowest BCUT2D eigenvalue weighted by Crippen LogP contribution is -2.14. The molecule has 0 radical (unpaired) electrons. The van der Waals surface area contributed by atoms with Gasteiger partial charge in [0, 0.05) is 20.6 Å². The third kappa shape index (κ3) is 2.68. The van der Waals surface area contributed by atoms with Gasteiger partial charge >= 0.3 is 0 Å². The Balaban J connectivity index is 1.77. The molecule has 1 atom stereocenters. The number of methoxy groups -OCH3 is 2. The molecule has 2 rings (SSSR count). The predicted octanol–water partition coefficient (Wildman–Crippen LogP) is 2.26. The zero-order valence-electron chi connectivity index (χ0n) is 9.72. The quantitative estimate of drug-likeness (QED) is 0.687. The van der Waals surface area contributed by atoms with Crippen LogP contribution in [0.15, 0.2) is 35.3 Å². The van der Waals surface area contributed by atoms with Crippen molar-refractivity contribution in [3.63, 3.8) is 0 Å². The molecule has 1 unspecified atom stereocenters. The highest BCUT2D eigenvalue weighted by Crippen LogP contribution is 2.24. The summed E-state index contributed by atoms with van der Waals surface area (Å²) in [5.74, 6) is 0. The molecule has 0 spiro atoms. The Morgan fingerprint density at radius 3 is 2.50 bits per heavy atom. The van der Waals surface area contributed by atoms with Gasteiger partial charge in [-0.2, -0.15) is 0 Å². The second-order valence-electron chi connectivity index (χ2n) is 3.87. The van der Waals surface area contributed by atoms with Crippen LogP contribution in [0, 0.1) is 0 Å². The molecule has 0 saturated heterocycles. The number of rotatable bonds is 6. The Labute approximate surface area is 96.1 Å². The van der Waals surface area contributed by atoms with Crippen LogP contribution in [0.1, 0.15) is 18.4 Å². The van der Waals surface area contributed by atoms with Gasteiger partial charge in [0.2, 0.25) is 0 Å². The van der Waals surface area contributed by atoms with Gasteiger partial charge in [-0.1, -0.05) is 30.3 Å². The van der Waals surface area contributed by atoms with E-state index in [1.165, 1.54) is 11.3 Å². The predicted molar refractivity (Wildman–Crippen MR) is 63.8 cm³/mol. The number of ether oxygens (including phenoxy) is 2. The fourth-order valence-electron chi connectivity index (χ4n) is 1.83. The summed E-state index contributed by atoms with van der Waals surface area (Å²) in [5, 5.41) is 0. The molecule has 0 fully saturated rings. The second-order valence-corrected chi connectivity index (χ2v) is 3.87. The van der Waals surface area contributed by atoms with E-state index < -0.39 is 0 Å². The van der Waals surface area contributed by atoms with Crippen LogP contribution in [-0.2, 0) is 9.47 Å². The van der Waals surface area contributed by atoms with Crippen molar-refractivity contribution in [1.82, 2.24) is 0 Å². The third-order valence-electron chi connectivity index (χ3n) is 2.81. The number of hydrogen-bond acceptors (Lipinski definition) is 3. The van der Waals surface area contributed by atoms with Gasteiger partial charge in [0.05, 0.1) is 11.8 Å². The lowest BCUT2D eigenvalue weighted by atomic mass is 10.1. The number of aliphatic imine (C=N–C) groups is 1. The minimum absolute atomic E-state index is 0.104. The van der Waals surface area contributed by atoms with E-state index in [9.17, 15) is 0 Å². The van der Waals surface area contributed by atoms with E-state index in [2.05, 4.69) is 17.1 Å². The standard InChI is InChI=1S/C13H17NO2/c1-15-12(16-2)9-8-11-13(14-11)10-6-4-3-5-7-10/h3-7,11-12H,8-9H2,1-2H3. The van der Waals surface area contributed by atoms with Crippen LogP contribution in [-0.4, -0.2) is 32.3 Å². The van der Waals surface area contributed by atoms with E-state index >= 15 is 0 Å². The molecular weight excluding hydrogens is 202 g/mol. The zero-order valence-corrected chi connectivity index (χ0v) is 9.72. The maximum absolute atomic E-state index is 5.15. The molecule has 3 heteroatoms. The second kappa shape index (κ2) is 5.23. The SMILES string of the molecule is COC(CCC1N=C1c1ccccc1)OC. The molecule has 1 aromatic rings. The normalized spacial score (nSPS) is 18.7. The Hall–Kier alpha value is -1.19. The van der Waals surface area contributed by atoms with Gasteiger partial charge < -0.3 is 9.47 Å². The molecule has 0 N–H and O–H groups in total. The van der Waals surface area contributed by atoms with Gasteiger partial charge in [-0.05, 0) is 12.0 Å². The molecule has 86 valence electrons. The molecule has 0 aliphatic carbocycles. The first kappa shape index (κ1) is 11.3. The van der Waals surface area contributed by atoms with Gasteiger partial charge in [-0.25, -0.2) is 0 Å². The van der Waals surface area contributed by atoms with Crippen LogP contribution in [0.25, 0.3) is 0 Å². The lowest BCUT2D eigenvalue weighted by Gasteiger charge is -2.11. The number of benzene rings is 1. The summed E-state index contributed by atoms with van der Waals surface area (Å²) in [6.07, 6.45) is 1.78. The molecule has 1 aliphatic rings. The van der Waals surface area contributed by atoms with Crippen LogP contribution in [0.2, 0.25) is 0 Å². The van der Waals surface area contributed by atoms with Gasteiger partial charge in [0.1, 0.15) is 0 Å². The van der Waals surface area contributed by atoms with Crippen LogP contribution in [0.4, 0.5) is 0 Å². The fourth-order valence-corrected chi connectivity index (χ4v) is 1.83. The van der Waals surface area contributed by atoms with Gasteiger partial charge in [-0.15, -0.1) is 0 Å². The summed E-state index contributed by atoms with van der Waals surface area (Å²) < 4.78 is 10.3. The van der Waals surface area contributed by atoms with E-state index in [1.807, 2.05) is 18.2 Å². The summed E-state index contributed by atoms with van der Waals surface area (Å²) in [6, 6.07) is 10.7. The maximum atomic E-state index is 5.15. The van der Waals surface area contributed by atoms with Crippen molar-refractivity contribution < 1.29 is 9.47 Å². The summed E-state index contributed by atoms with van der Waals surface area (Å²) in [5.41, 5.74) is 2.45. The van der Waals surface area contributed by atoms with Gasteiger partial charge in [0.15, 0.2) is 6.29 Å². The van der Waals surface area contributed by atoms with Crippen molar-refractivity contribution in [3.05, 3.63) is 35.9 Å². The smallest absolute Gasteiger partial charge is 0.156 e. The maximum Gasteiger partial charge on any atom is 0.156 e. The van der Waals surface area contributed by atoms with Crippen molar-refractivity contribution >= 4 is 5.71 Å². The Morgan fingerprint density at radius 2 is 1.88 bits per heavy atom. The molecule has 1 aromatic carbocycles. The summed E-state index contributed by atoms with van der Waals surface area (Å²) >= 11 is 0. The topological polar surface area (TPSA) is 30.8 Å². The van der Waals surface area contributed by atoms with Crippen LogP contribution in [0.5, 0.6) is 0 Å². The Morgan fingerprint density at radius 1 is 1.19 bits per heavy atom. The Bertz CT molecular complexity index is 357. The first-order valence-electron chi connectivity index (χ1n) is 5.54. The minimum atomic E-state index is -0.104. The van der Waals surface area contributed by atoms with Crippen LogP contribution < -0.4 is 0 Å². The molecule has 0 saturated carbocycles. The largest absolute Gasteiger partial charge is 0.356 e. The summed E-state index contributed by atoms with van der Waals surface area (Å²) in [6.45, 7) is 0. The first-order valence-corrected chi connectivity index (χ1v) is 5.54. The van der Waals surface area contributed by atoms with E-state index in [1.54, 1.807) is 14.2 Å². The van der Waals surface area contributed by atoms with Crippen molar-refractivity contribution in [3.8, 4) is 0 Å². The van der Waals surface area contributed by atoms with E-state index in [0.29, 0.717) is 6.04 Å².